The molecular weight excluding hydrogens is 489 g/mol. The minimum absolute atomic E-state index is 0.269. The maximum Gasteiger partial charge on any atom is 0.255 e. The van der Waals surface area contributed by atoms with E-state index in [4.69, 9.17) is 4.42 Å². The van der Waals surface area contributed by atoms with E-state index in [1.165, 1.54) is 12.1 Å². The number of fused-ring (bicyclic) bond motifs is 2. The van der Waals surface area contributed by atoms with E-state index in [-0.39, 0.29) is 11.7 Å². The van der Waals surface area contributed by atoms with Gasteiger partial charge in [0.25, 0.3) is 5.91 Å². The molecule has 0 unspecified atom stereocenters. The number of rotatable bonds is 5. The number of furan rings is 1. The van der Waals surface area contributed by atoms with Crippen LogP contribution in [0.4, 0.5) is 10.1 Å². The lowest BCUT2D eigenvalue weighted by Crippen LogP contribution is -2.18. The summed E-state index contributed by atoms with van der Waals surface area (Å²) in [4.78, 5) is 19.6. The number of amides is 1. The van der Waals surface area contributed by atoms with Gasteiger partial charge in [0.15, 0.2) is 0 Å². The van der Waals surface area contributed by atoms with Gasteiger partial charge >= 0.3 is 0 Å². The van der Waals surface area contributed by atoms with Crippen molar-refractivity contribution < 1.29 is 13.6 Å². The molecule has 6 aromatic rings. The van der Waals surface area contributed by atoms with Gasteiger partial charge in [-0.15, -0.1) is 0 Å². The molecule has 0 atom stereocenters. The van der Waals surface area contributed by atoms with Gasteiger partial charge in [-0.2, -0.15) is 0 Å². The van der Waals surface area contributed by atoms with Gasteiger partial charge < -0.3 is 14.6 Å². The van der Waals surface area contributed by atoms with E-state index in [2.05, 4.69) is 52.8 Å². The fourth-order valence-corrected chi connectivity index (χ4v) is 5.00. The molecule has 2 heterocycles. The van der Waals surface area contributed by atoms with Crippen molar-refractivity contribution in [2.75, 3.05) is 26.0 Å². The van der Waals surface area contributed by atoms with Gasteiger partial charge in [0.2, 0.25) is 0 Å². The molecular formula is C33H26FN3O2. The van der Waals surface area contributed by atoms with Crippen LogP contribution in [0.3, 0.4) is 0 Å². The predicted molar refractivity (Wildman–Crippen MR) is 155 cm³/mol. The second kappa shape index (κ2) is 9.72. The molecule has 0 bridgehead atoms. The highest BCUT2D eigenvalue weighted by Gasteiger charge is 2.24. The smallest absolute Gasteiger partial charge is 0.255 e. The van der Waals surface area contributed by atoms with Gasteiger partial charge in [-0.05, 0) is 65.2 Å². The molecule has 0 aliphatic rings. The third-order valence-electron chi connectivity index (χ3n) is 6.96. The zero-order valence-corrected chi connectivity index (χ0v) is 21.8. The van der Waals surface area contributed by atoms with Crippen LogP contribution in [0.2, 0.25) is 0 Å². The lowest BCUT2D eigenvalue weighted by atomic mass is 9.95. The fourth-order valence-electron chi connectivity index (χ4n) is 5.00. The Hall–Kier alpha value is -4.97. The molecule has 2 aromatic heterocycles. The van der Waals surface area contributed by atoms with E-state index in [0.717, 1.165) is 38.8 Å². The van der Waals surface area contributed by atoms with Crippen LogP contribution in [0.1, 0.15) is 10.4 Å². The number of pyridine rings is 1. The van der Waals surface area contributed by atoms with Gasteiger partial charge in [0.1, 0.15) is 17.2 Å². The Morgan fingerprint density at radius 1 is 0.846 bits per heavy atom. The molecule has 0 radical (unpaired) electrons. The average molecular weight is 516 g/mol. The lowest BCUT2D eigenvalue weighted by Gasteiger charge is -2.18. The first-order valence-electron chi connectivity index (χ1n) is 12.6. The van der Waals surface area contributed by atoms with E-state index < -0.39 is 0 Å². The molecule has 0 aliphatic heterocycles. The number of benzene rings is 4. The molecule has 1 N–H and O–H groups in total. The van der Waals surface area contributed by atoms with E-state index >= 15 is 0 Å². The Morgan fingerprint density at radius 3 is 2.36 bits per heavy atom. The highest BCUT2D eigenvalue weighted by atomic mass is 19.1. The van der Waals surface area contributed by atoms with Crippen molar-refractivity contribution in [3.8, 4) is 33.6 Å². The van der Waals surface area contributed by atoms with Gasteiger partial charge in [-0.1, -0.05) is 36.4 Å². The number of carbonyl (C=O) groups is 1. The van der Waals surface area contributed by atoms with Crippen molar-refractivity contribution in [1.82, 2.24) is 10.3 Å². The number of hydrogen-bond donors (Lipinski definition) is 1. The van der Waals surface area contributed by atoms with Gasteiger partial charge in [0.05, 0.1) is 11.1 Å². The van der Waals surface area contributed by atoms with Crippen LogP contribution in [-0.4, -0.2) is 32.0 Å². The number of anilines is 1. The van der Waals surface area contributed by atoms with Crippen LogP contribution in [0.5, 0.6) is 0 Å². The molecule has 0 fully saturated rings. The molecule has 4 aromatic carbocycles. The maximum absolute atomic E-state index is 13.6. The van der Waals surface area contributed by atoms with Crippen LogP contribution < -0.4 is 10.2 Å². The summed E-state index contributed by atoms with van der Waals surface area (Å²) >= 11 is 0. The number of hydrogen-bond acceptors (Lipinski definition) is 4. The Morgan fingerprint density at radius 2 is 1.59 bits per heavy atom. The van der Waals surface area contributed by atoms with Gasteiger partial charge in [-0.3, -0.25) is 9.78 Å². The second-order valence-corrected chi connectivity index (χ2v) is 9.64. The van der Waals surface area contributed by atoms with E-state index in [0.29, 0.717) is 27.9 Å². The molecule has 0 saturated carbocycles. The third kappa shape index (κ3) is 4.40. The first-order valence-corrected chi connectivity index (χ1v) is 12.6. The van der Waals surface area contributed by atoms with Crippen molar-refractivity contribution >= 4 is 33.5 Å². The van der Waals surface area contributed by atoms with Crippen molar-refractivity contribution in [3.63, 3.8) is 0 Å². The first-order chi connectivity index (χ1) is 18.9. The highest BCUT2D eigenvalue weighted by molar-refractivity contribution is 6.13. The number of aromatic nitrogens is 1. The fraction of sp³-hybridized carbons (Fsp3) is 0.0909. The Balaban J connectivity index is 1.55. The zero-order valence-electron chi connectivity index (χ0n) is 21.8. The SMILES string of the molecule is CNC(=O)c1c(-c2ccc(F)cc2)oc2cc(N(C)C)c(-c3cccc(-c4ccc5cccnc5c4)c3)cc12. The van der Waals surface area contributed by atoms with Gasteiger partial charge in [0, 0.05) is 61.0 Å². The Kier molecular flexibility index (Phi) is 6.08. The molecule has 39 heavy (non-hydrogen) atoms. The topological polar surface area (TPSA) is 58.4 Å². The molecule has 6 heteroatoms. The Bertz CT molecular complexity index is 1860. The second-order valence-electron chi connectivity index (χ2n) is 9.64. The van der Waals surface area contributed by atoms with Crippen molar-refractivity contribution in [1.29, 1.82) is 0 Å². The molecule has 6 rings (SSSR count). The van der Waals surface area contributed by atoms with E-state index in [1.54, 1.807) is 25.4 Å². The van der Waals surface area contributed by atoms with Crippen LogP contribution in [-0.2, 0) is 0 Å². The number of carbonyl (C=O) groups excluding carboxylic acids is 1. The first kappa shape index (κ1) is 24.4. The zero-order chi connectivity index (χ0) is 27.1. The summed E-state index contributed by atoms with van der Waals surface area (Å²) < 4.78 is 19.9. The number of halogens is 1. The van der Waals surface area contributed by atoms with Gasteiger partial charge in [-0.25, -0.2) is 4.39 Å². The van der Waals surface area contributed by atoms with Crippen molar-refractivity contribution in [2.24, 2.45) is 0 Å². The minimum atomic E-state index is -0.351. The quantitative estimate of drug-likeness (QED) is 0.258. The summed E-state index contributed by atoms with van der Waals surface area (Å²) in [7, 11) is 5.55. The van der Waals surface area contributed by atoms with Crippen LogP contribution >= 0.6 is 0 Å². The summed E-state index contributed by atoms with van der Waals surface area (Å²) in [5.74, 6) is -0.215. The normalized spacial score (nSPS) is 11.2. The van der Waals surface area contributed by atoms with Crippen molar-refractivity contribution in [3.05, 3.63) is 109 Å². The monoisotopic (exact) mass is 515 g/mol. The summed E-state index contributed by atoms with van der Waals surface area (Å²) in [6.07, 6.45) is 1.80. The molecule has 0 aliphatic carbocycles. The average Bonchev–Trinajstić information content (AvgIpc) is 3.34. The third-order valence-corrected chi connectivity index (χ3v) is 6.96. The maximum atomic E-state index is 13.6. The summed E-state index contributed by atoms with van der Waals surface area (Å²) in [5, 5.41) is 4.52. The molecule has 1 amide bonds. The summed E-state index contributed by atoms with van der Waals surface area (Å²) in [5.41, 5.74) is 7.63. The standard InChI is InChI=1S/C33H26FN3O2/c1-35-33(38)31-27-18-26(29(37(2)3)19-30(27)39-32(31)21-11-13-25(34)14-12-21)24-7-4-6-22(16-24)23-10-9-20-8-5-15-36-28(20)17-23/h4-19H,1-3H3,(H,35,38). The lowest BCUT2D eigenvalue weighted by molar-refractivity contribution is 0.0964. The largest absolute Gasteiger partial charge is 0.455 e. The molecule has 5 nitrogen and oxygen atoms in total. The molecule has 192 valence electrons. The predicted octanol–water partition coefficient (Wildman–Crippen LogP) is 7.55. The number of nitrogens with zero attached hydrogens (tertiary/aromatic N) is 2. The van der Waals surface area contributed by atoms with Crippen LogP contribution in [0.15, 0.2) is 102 Å². The minimum Gasteiger partial charge on any atom is -0.455 e. The van der Waals surface area contributed by atoms with Crippen LogP contribution in [0, 0.1) is 5.82 Å². The Labute approximate surface area is 225 Å². The highest BCUT2D eigenvalue weighted by Crippen LogP contribution is 2.41. The summed E-state index contributed by atoms with van der Waals surface area (Å²) in [6, 6.07) is 28.5. The van der Waals surface area contributed by atoms with E-state index in [9.17, 15) is 9.18 Å². The van der Waals surface area contributed by atoms with E-state index in [1.807, 2.05) is 43.3 Å². The van der Waals surface area contributed by atoms with Crippen LogP contribution in [0.25, 0.3) is 55.4 Å². The molecule has 0 spiro atoms. The molecule has 0 saturated heterocycles. The summed E-state index contributed by atoms with van der Waals surface area (Å²) in [6.45, 7) is 0. The number of nitrogens with one attached hydrogen (secondary N) is 1. The van der Waals surface area contributed by atoms with Crippen molar-refractivity contribution in [2.45, 2.75) is 0 Å².